The number of hydrogen-bond donors (Lipinski definition) is 4. The maximum Gasteiger partial charge on any atom is 0.310 e. The monoisotopic (exact) mass is 536 g/mol. The number of aromatic nitrogens is 1. The van der Waals surface area contributed by atoms with Crippen molar-refractivity contribution in [3.05, 3.63) is 90.9 Å². The SMILES string of the molecule is N=C(N)c1ccc(C(=O)N[C@@H](Cc2ccc([N+](=O)[O-])cc2)C(=O)N2CCc3nc(CC(=O)O)sc3C2)cc1. The molecule has 1 aliphatic rings. The largest absolute Gasteiger partial charge is 0.481 e. The highest BCUT2D eigenvalue weighted by Crippen LogP contribution is 2.26. The molecule has 4 rings (SSSR count). The normalized spacial score (nSPS) is 13.3. The van der Waals surface area contributed by atoms with E-state index in [2.05, 4.69) is 10.3 Å². The lowest BCUT2D eigenvalue weighted by Crippen LogP contribution is -2.50. The summed E-state index contributed by atoms with van der Waals surface area (Å²) in [6.07, 6.45) is 0.374. The molecule has 0 fully saturated rings. The fourth-order valence-corrected chi connectivity index (χ4v) is 5.22. The Hall–Kier alpha value is -4.65. The molecule has 0 aliphatic carbocycles. The number of fused-ring (bicyclic) bond motifs is 1. The predicted octanol–water partition coefficient (Wildman–Crippen LogP) is 1.89. The molecule has 3 aromatic rings. The highest BCUT2D eigenvalue weighted by atomic mass is 32.1. The molecule has 2 aromatic carbocycles. The number of benzene rings is 2. The van der Waals surface area contributed by atoms with Crippen molar-refractivity contribution in [3.8, 4) is 0 Å². The van der Waals surface area contributed by atoms with Gasteiger partial charge in [-0.1, -0.05) is 24.3 Å². The number of nitrogens with two attached hydrogens (primary N) is 1. The van der Waals surface area contributed by atoms with E-state index in [1.54, 1.807) is 17.0 Å². The summed E-state index contributed by atoms with van der Waals surface area (Å²) in [5.41, 5.74) is 7.52. The molecular weight excluding hydrogens is 512 g/mol. The lowest BCUT2D eigenvalue weighted by atomic mass is 10.0. The van der Waals surface area contributed by atoms with Gasteiger partial charge in [-0.15, -0.1) is 11.3 Å². The standard InChI is InChI=1S/C25H24N6O6S/c26-23(27)15-3-5-16(6-4-15)24(34)29-19(11-14-1-7-17(8-2-14)31(36)37)25(35)30-10-9-18-20(13-30)38-21(28-18)12-22(32)33/h1-8,19H,9-13H2,(H3,26,27)(H,29,34)(H,32,33)/t19-/m0/s1. The van der Waals surface area contributed by atoms with Gasteiger partial charge in [0.1, 0.15) is 16.9 Å². The van der Waals surface area contributed by atoms with Crippen molar-refractivity contribution < 1.29 is 24.4 Å². The summed E-state index contributed by atoms with van der Waals surface area (Å²) in [7, 11) is 0. The second-order valence-corrected chi connectivity index (χ2v) is 9.87. The van der Waals surface area contributed by atoms with Crippen molar-refractivity contribution in [2.45, 2.75) is 31.8 Å². The molecule has 2 heterocycles. The van der Waals surface area contributed by atoms with Gasteiger partial charge in [-0.05, 0) is 17.7 Å². The van der Waals surface area contributed by atoms with E-state index in [1.165, 1.54) is 47.7 Å². The predicted molar refractivity (Wildman–Crippen MR) is 138 cm³/mol. The Morgan fingerprint density at radius 3 is 2.42 bits per heavy atom. The molecule has 0 bridgehead atoms. The van der Waals surface area contributed by atoms with Gasteiger partial charge in [-0.25, -0.2) is 4.98 Å². The molecule has 0 saturated carbocycles. The number of aliphatic carboxylic acids is 1. The van der Waals surface area contributed by atoms with Gasteiger partial charge in [0.15, 0.2) is 0 Å². The lowest BCUT2D eigenvalue weighted by Gasteiger charge is -2.30. The molecule has 196 valence electrons. The second kappa shape index (κ2) is 11.2. The molecule has 0 radical (unpaired) electrons. The van der Waals surface area contributed by atoms with Gasteiger partial charge in [0.05, 0.1) is 23.6 Å². The van der Waals surface area contributed by atoms with Crippen molar-refractivity contribution in [1.82, 2.24) is 15.2 Å². The van der Waals surface area contributed by atoms with E-state index < -0.39 is 22.8 Å². The number of non-ortho nitro benzene ring substituents is 1. The van der Waals surface area contributed by atoms with Crippen LogP contribution in [0.1, 0.15) is 37.1 Å². The van der Waals surface area contributed by atoms with Crippen molar-refractivity contribution in [2.24, 2.45) is 5.73 Å². The van der Waals surface area contributed by atoms with Crippen molar-refractivity contribution in [2.75, 3.05) is 6.54 Å². The zero-order valence-electron chi connectivity index (χ0n) is 20.0. The number of nitrogens with zero attached hydrogens (tertiary/aromatic N) is 3. The third kappa shape index (κ3) is 6.18. The van der Waals surface area contributed by atoms with Crippen molar-refractivity contribution in [3.63, 3.8) is 0 Å². The Bertz CT molecular complexity index is 1400. The van der Waals surface area contributed by atoms with Gasteiger partial charge in [-0.2, -0.15) is 0 Å². The Labute approximate surface area is 220 Å². The van der Waals surface area contributed by atoms with Crippen LogP contribution in [0.4, 0.5) is 5.69 Å². The molecule has 12 nitrogen and oxygen atoms in total. The van der Waals surface area contributed by atoms with Gasteiger partial charge in [0.2, 0.25) is 5.91 Å². The van der Waals surface area contributed by atoms with Crippen LogP contribution in [-0.2, 0) is 35.4 Å². The summed E-state index contributed by atoms with van der Waals surface area (Å²) in [5.74, 6) is -1.95. The summed E-state index contributed by atoms with van der Waals surface area (Å²) in [4.78, 5) is 55.0. The molecule has 5 N–H and O–H groups in total. The van der Waals surface area contributed by atoms with Gasteiger partial charge in [0.25, 0.3) is 11.6 Å². The molecule has 2 amide bonds. The van der Waals surface area contributed by atoms with E-state index in [9.17, 15) is 24.5 Å². The number of nitro benzene ring substituents is 1. The third-order valence-electron chi connectivity index (χ3n) is 6.04. The van der Waals surface area contributed by atoms with Crippen LogP contribution in [0.15, 0.2) is 48.5 Å². The smallest absolute Gasteiger partial charge is 0.310 e. The van der Waals surface area contributed by atoms with Gasteiger partial charge < -0.3 is 21.1 Å². The third-order valence-corrected chi connectivity index (χ3v) is 7.12. The number of hydrogen-bond acceptors (Lipinski definition) is 8. The number of nitro groups is 1. The Kier molecular flexibility index (Phi) is 7.76. The number of carbonyl (C=O) groups excluding carboxylic acids is 2. The molecule has 1 atom stereocenters. The number of thiazole rings is 1. The molecule has 38 heavy (non-hydrogen) atoms. The molecule has 0 unspecified atom stereocenters. The summed E-state index contributed by atoms with van der Waals surface area (Å²) in [6.45, 7) is 0.591. The van der Waals surface area contributed by atoms with Crippen LogP contribution in [0.2, 0.25) is 0 Å². The first-order chi connectivity index (χ1) is 18.1. The maximum absolute atomic E-state index is 13.6. The van der Waals surface area contributed by atoms with Crippen LogP contribution in [-0.4, -0.2) is 56.1 Å². The fourth-order valence-electron chi connectivity index (χ4n) is 4.09. The van der Waals surface area contributed by atoms with Crippen LogP contribution in [0, 0.1) is 15.5 Å². The topological polar surface area (TPSA) is 193 Å². The summed E-state index contributed by atoms with van der Waals surface area (Å²) < 4.78 is 0. The minimum atomic E-state index is -0.980. The van der Waals surface area contributed by atoms with E-state index in [0.717, 1.165) is 10.6 Å². The Morgan fingerprint density at radius 2 is 1.82 bits per heavy atom. The van der Waals surface area contributed by atoms with E-state index in [0.29, 0.717) is 29.1 Å². The van der Waals surface area contributed by atoms with Crippen molar-refractivity contribution in [1.29, 1.82) is 5.41 Å². The van der Waals surface area contributed by atoms with E-state index >= 15 is 0 Å². The molecular formula is C25H24N6O6S. The molecule has 0 saturated heterocycles. The first-order valence-electron chi connectivity index (χ1n) is 11.6. The number of nitrogens with one attached hydrogen (secondary N) is 2. The number of rotatable bonds is 9. The maximum atomic E-state index is 13.6. The van der Waals surface area contributed by atoms with Crippen LogP contribution in [0.3, 0.4) is 0 Å². The fraction of sp³-hybridized carbons (Fsp3) is 0.240. The minimum Gasteiger partial charge on any atom is -0.481 e. The van der Waals surface area contributed by atoms with Gasteiger partial charge >= 0.3 is 5.97 Å². The molecule has 13 heteroatoms. The number of carbonyl (C=O) groups is 3. The number of amides is 2. The summed E-state index contributed by atoms with van der Waals surface area (Å²) in [6, 6.07) is 10.9. The number of carboxylic acid groups (broad SMARTS) is 1. The van der Waals surface area contributed by atoms with E-state index in [1.807, 2.05) is 0 Å². The first kappa shape index (κ1) is 26.4. The van der Waals surface area contributed by atoms with E-state index in [4.69, 9.17) is 16.2 Å². The minimum absolute atomic E-state index is 0.0860. The zero-order valence-corrected chi connectivity index (χ0v) is 20.9. The zero-order chi connectivity index (χ0) is 27.4. The second-order valence-electron chi connectivity index (χ2n) is 8.70. The van der Waals surface area contributed by atoms with Crippen LogP contribution in [0.5, 0.6) is 0 Å². The molecule has 0 spiro atoms. The molecule has 1 aliphatic heterocycles. The quantitative estimate of drug-likeness (QED) is 0.138. The highest BCUT2D eigenvalue weighted by Gasteiger charge is 2.31. The van der Waals surface area contributed by atoms with Gasteiger partial charge in [0, 0.05) is 47.5 Å². The summed E-state index contributed by atoms with van der Waals surface area (Å²) in [5, 5.41) is 30.8. The van der Waals surface area contributed by atoms with Gasteiger partial charge in [-0.3, -0.25) is 29.9 Å². The molecule has 1 aromatic heterocycles. The Balaban J connectivity index is 1.55. The Morgan fingerprint density at radius 1 is 1.16 bits per heavy atom. The van der Waals surface area contributed by atoms with E-state index in [-0.39, 0.29) is 42.4 Å². The van der Waals surface area contributed by atoms with Crippen LogP contribution in [0.25, 0.3) is 0 Å². The number of nitrogen functional groups attached to an aromatic ring is 1. The van der Waals surface area contributed by atoms with Crippen molar-refractivity contribution >= 4 is 40.6 Å². The highest BCUT2D eigenvalue weighted by molar-refractivity contribution is 7.11. The number of amidine groups is 1. The summed E-state index contributed by atoms with van der Waals surface area (Å²) >= 11 is 1.25. The first-order valence-corrected chi connectivity index (χ1v) is 12.4. The average Bonchev–Trinajstić information content (AvgIpc) is 3.29. The van der Waals surface area contributed by atoms with Crippen LogP contribution < -0.4 is 11.1 Å². The lowest BCUT2D eigenvalue weighted by molar-refractivity contribution is -0.384. The van der Waals surface area contributed by atoms with Crippen LogP contribution >= 0.6 is 11.3 Å². The number of carboxylic acids is 1. The average molecular weight is 537 g/mol.